The van der Waals surface area contributed by atoms with Gasteiger partial charge in [0, 0.05) is 24.7 Å². The molecule has 3 rings (SSSR count). The Morgan fingerprint density at radius 1 is 1.16 bits per heavy atom. The number of anilines is 1. The van der Waals surface area contributed by atoms with E-state index in [1.807, 2.05) is 40.0 Å². The van der Waals surface area contributed by atoms with E-state index in [4.69, 9.17) is 0 Å². The quantitative estimate of drug-likeness (QED) is 0.707. The number of carboxylic acid groups (broad SMARTS) is 1. The van der Waals surface area contributed by atoms with Crippen LogP contribution >= 0.6 is 0 Å². The van der Waals surface area contributed by atoms with Crippen molar-refractivity contribution in [1.29, 1.82) is 0 Å². The van der Waals surface area contributed by atoms with Gasteiger partial charge in [-0.25, -0.2) is 4.79 Å². The minimum Gasteiger partial charge on any atom is -0.465 e. The lowest BCUT2D eigenvalue weighted by Gasteiger charge is -2.43. The van der Waals surface area contributed by atoms with Gasteiger partial charge in [0.1, 0.15) is 0 Å². The van der Waals surface area contributed by atoms with Gasteiger partial charge in [0.2, 0.25) is 5.91 Å². The molecule has 6 nitrogen and oxygen atoms in total. The second-order valence-corrected chi connectivity index (χ2v) is 8.60. The number of carbonyl (C=O) groups excluding carboxylic acids is 1. The van der Waals surface area contributed by atoms with Crippen molar-refractivity contribution in [3.63, 3.8) is 0 Å². The molecule has 0 bridgehead atoms. The maximum absolute atomic E-state index is 12.4. The molecular formula is C25H33N3O3. The van der Waals surface area contributed by atoms with Gasteiger partial charge < -0.3 is 15.3 Å². The molecule has 1 aliphatic heterocycles. The summed E-state index contributed by atoms with van der Waals surface area (Å²) >= 11 is 0. The van der Waals surface area contributed by atoms with Crippen LogP contribution in [0.3, 0.4) is 0 Å². The number of likely N-dealkylation sites (N-methyl/N-ethyl adjacent to an activating group) is 1. The van der Waals surface area contributed by atoms with Gasteiger partial charge in [-0.15, -0.1) is 0 Å². The number of hydrogen-bond acceptors (Lipinski definition) is 3. The molecule has 166 valence electrons. The SMILES string of the molecule is CNCCc1ccc(-c2ccc3c(c2)[C@H](N(C(=O)O)C(C)C)C[C@H](C)N3C(C)=O)cc1. The highest BCUT2D eigenvalue weighted by molar-refractivity contribution is 5.94. The minimum atomic E-state index is -0.936. The number of benzene rings is 2. The van der Waals surface area contributed by atoms with E-state index in [0.29, 0.717) is 6.42 Å². The first-order valence-electron chi connectivity index (χ1n) is 10.9. The first-order chi connectivity index (χ1) is 14.7. The third kappa shape index (κ3) is 4.74. The highest BCUT2D eigenvalue weighted by Gasteiger charge is 2.38. The normalized spacial score (nSPS) is 18.1. The molecule has 0 aromatic heterocycles. The fourth-order valence-electron chi connectivity index (χ4n) is 4.60. The molecule has 0 saturated heterocycles. The van der Waals surface area contributed by atoms with Crippen LogP contribution < -0.4 is 10.2 Å². The second kappa shape index (κ2) is 9.52. The summed E-state index contributed by atoms with van der Waals surface area (Å²) in [6.07, 6.45) is 0.605. The molecule has 1 heterocycles. The van der Waals surface area contributed by atoms with Crippen LogP contribution in [-0.4, -0.2) is 47.7 Å². The maximum Gasteiger partial charge on any atom is 0.408 e. The Balaban J connectivity index is 2.07. The third-order valence-electron chi connectivity index (χ3n) is 6.05. The molecule has 0 saturated carbocycles. The van der Waals surface area contributed by atoms with Crippen LogP contribution in [0.15, 0.2) is 42.5 Å². The third-order valence-corrected chi connectivity index (χ3v) is 6.05. The molecular weight excluding hydrogens is 390 g/mol. The summed E-state index contributed by atoms with van der Waals surface area (Å²) in [6.45, 7) is 8.26. The van der Waals surface area contributed by atoms with Crippen molar-refractivity contribution < 1.29 is 14.7 Å². The summed E-state index contributed by atoms with van der Waals surface area (Å²) in [4.78, 5) is 27.8. The van der Waals surface area contributed by atoms with Gasteiger partial charge in [-0.2, -0.15) is 0 Å². The van der Waals surface area contributed by atoms with Crippen molar-refractivity contribution in [3.8, 4) is 11.1 Å². The molecule has 0 radical (unpaired) electrons. The van der Waals surface area contributed by atoms with Crippen molar-refractivity contribution in [2.75, 3.05) is 18.5 Å². The molecule has 2 atom stereocenters. The Kier molecular flexibility index (Phi) is 7.01. The highest BCUT2D eigenvalue weighted by atomic mass is 16.4. The van der Waals surface area contributed by atoms with Crippen molar-refractivity contribution in [3.05, 3.63) is 53.6 Å². The first-order valence-corrected chi connectivity index (χ1v) is 10.9. The molecule has 2 N–H and O–H groups in total. The molecule has 0 aliphatic carbocycles. The molecule has 2 amide bonds. The molecule has 31 heavy (non-hydrogen) atoms. The number of nitrogens with one attached hydrogen (secondary N) is 1. The summed E-state index contributed by atoms with van der Waals surface area (Å²) in [6, 6.07) is 14.0. The zero-order valence-electron chi connectivity index (χ0n) is 19.1. The van der Waals surface area contributed by atoms with Crippen LogP contribution in [0.5, 0.6) is 0 Å². The van der Waals surface area contributed by atoms with E-state index < -0.39 is 6.09 Å². The Hall–Kier alpha value is -2.86. The lowest BCUT2D eigenvalue weighted by Crippen LogP contribution is -2.48. The average Bonchev–Trinajstić information content (AvgIpc) is 2.71. The predicted octanol–water partition coefficient (Wildman–Crippen LogP) is 4.69. The fraction of sp³-hybridized carbons (Fsp3) is 0.440. The van der Waals surface area contributed by atoms with E-state index in [1.165, 1.54) is 10.5 Å². The van der Waals surface area contributed by atoms with Gasteiger partial charge in [0.15, 0.2) is 0 Å². The number of amides is 2. The molecule has 1 aliphatic rings. The van der Waals surface area contributed by atoms with Crippen molar-refractivity contribution in [1.82, 2.24) is 10.2 Å². The van der Waals surface area contributed by atoms with Crippen molar-refractivity contribution >= 4 is 17.7 Å². The van der Waals surface area contributed by atoms with Gasteiger partial charge >= 0.3 is 6.09 Å². The topological polar surface area (TPSA) is 72.9 Å². The zero-order chi connectivity index (χ0) is 22.7. The molecule has 2 aromatic rings. The number of fused-ring (bicyclic) bond motifs is 1. The average molecular weight is 424 g/mol. The maximum atomic E-state index is 12.4. The molecule has 2 aromatic carbocycles. The lowest BCUT2D eigenvalue weighted by atomic mass is 9.87. The largest absolute Gasteiger partial charge is 0.465 e. The molecule has 0 spiro atoms. The number of carbonyl (C=O) groups is 2. The van der Waals surface area contributed by atoms with E-state index in [0.717, 1.165) is 35.3 Å². The smallest absolute Gasteiger partial charge is 0.408 e. The predicted molar refractivity (Wildman–Crippen MR) is 124 cm³/mol. The minimum absolute atomic E-state index is 0.0275. The van der Waals surface area contributed by atoms with Crippen LogP contribution in [0.25, 0.3) is 11.1 Å². The van der Waals surface area contributed by atoms with Gasteiger partial charge in [-0.1, -0.05) is 30.3 Å². The van der Waals surface area contributed by atoms with Crippen LogP contribution in [0, 0.1) is 0 Å². The lowest BCUT2D eigenvalue weighted by molar-refractivity contribution is -0.117. The van der Waals surface area contributed by atoms with Crippen molar-refractivity contribution in [2.45, 2.75) is 58.7 Å². The Morgan fingerprint density at radius 2 is 1.81 bits per heavy atom. The van der Waals surface area contributed by atoms with Crippen LogP contribution in [0.2, 0.25) is 0 Å². The molecule has 0 fully saturated rings. The summed E-state index contributed by atoms with van der Waals surface area (Å²) in [5.41, 5.74) is 5.06. The van der Waals surface area contributed by atoms with E-state index >= 15 is 0 Å². The Labute approximate surface area is 184 Å². The molecule has 6 heteroatoms. The highest BCUT2D eigenvalue weighted by Crippen LogP contribution is 2.43. The molecule has 0 unspecified atom stereocenters. The standard InChI is InChI=1S/C25H33N3O3/c1-16(2)27(25(30)31)24-14-17(3)28(18(4)29)23-11-10-21(15-22(23)24)20-8-6-19(7-9-20)12-13-26-5/h6-11,15-17,24,26H,12-14H2,1-5H3,(H,30,31)/t17-,24+/m0/s1. The monoisotopic (exact) mass is 423 g/mol. The van der Waals surface area contributed by atoms with Gasteiger partial charge in [-0.3, -0.25) is 9.69 Å². The van der Waals surface area contributed by atoms with Crippen LogP contribution in [0.4, 0.5) is 10.5 Å². The fourth-order valence-corrected chi connectivity index (χ4v) is 4.60. The van der Waals surface area contributed by atoms with Gasteiger partial charge in [0.25, 0.3) is 0 Å². The Bertz CT molecular complexity index is 940. The van der Waals surface area contributed by atoms with Crippen LogP contribution in [-0.2, 0) is 11.2 Å². The number of nitrogens with zero attached hydrogens (tertiary/aromatic N) is 2. The Morgan fingerprint density at radius 3 is 2.35 bits per heavy atom. The second-order valence-electron chi connectivity index (χ2n) is 8.60. The summed E-state index contributed by atoms with van der Waals surface area (Å²) in [7, 11) is 1.95. The van der Waals surface area contributed by atoms with E-state index in [2.05, 4.69) is 35.6 Å². The summed E-state index contributed by atoms with van der Waals surface area (Å²) in [5.74, 6) is -0.0275. The number of rotatable bonds is 6. The number of hydrogen-bond donors (Lipinski definition) is 2. The van der Waals surface area contributed by atoms with E-state index in [9.17, 15) is 14.7 Å². The van der Waals surface area contributed by atoms with Gasteiger partial charge in [-0.05, 0) is 81.6 Å². The zero-order valence-corrected chi connectivity index (χ0v) is 19.1. The van der Waals surface area contributed by atoms with E-state index in [1.54, 1.807) is 11.8 Å². The summed E-state index contributed by atoms with van der Waals surface area (Å²) in [5, 5.41) is 13.1. The first kappa shape index (κ1) is 22.8. The van der Waals surface area contributed by atoms with Gasteiger partial charge in [0.05, 0.1) is 6.04 Å². The van der Waals surface area contributed by atoms with Crippen molar-refractivity contribution in [2.24, 2.45) is 0 Å². The van der Waals surface area contributed by atoms with Crippen LogP contribution in [0.1, 0.15) is 51.3 Å². The van der Waals surface area contributed by atoms with E-state index in [-0.39, 0.29) is 24.0 Å². The summed E-state index contributed by atoms with van der Waals surface area (Å²) < 4.78 is 0.